The Labute approximate surface area is 166 Å². The van der Waals surface area contributed by atoms with Crippen LogP contribution in [0.15, 0.2) is 30.4 Å². The number of benzene rings is 1. The molecule has 0 saturated carbocycles. The van der Waals surface area contributed by atoms with Gasteiger partial charge in [0.25, 0.3) is 0 Å². The van der Waals surface area contributed by atoms with Gasteiger partial charge in [-0.2, -0.15) is 0 Å². The minimum absolute atomic E-state index is 0.0616. The predicted octanol–water partition coefficient (Wildman–Crippen LogP) is 1.63. The summed E-state index contributed by atoms with van der Waals surface area (Å²) in [7, 11) is 0. The van der Waals surface area contributed by atoms with Gasteiger partial charge in [0.15, 0.2) is 0 Å². The van der Waals surface area contributed by atoms with E-state index in [0.717, 1.165) is 0 Å². The molecule has 2 aliphatic heterocycles. The summed E-state index contributed by atoms with van der Waals surface area (Å²) in [6.45, 7) is 3.56. The van der Waals surface area contributed by atoms with Crippen molar-refractivity contribution in [2.45, 2.75) is 26.1 Å². The molecule has 9 heteroatoms. The molecule has 1 saturated heterocycles. The van der Waals surface area contributed by atoms with Gasteiger partial charge in [-0.05, 0) is 32.0 Å². The van der Waals surface area contributed by atoms with Crippen molar-refractivity contribution in [2.75, 3.05) is 18.5 Å². The first kappa shape index (κ1) is 20.5. The third kappa shape index (κ3) is 4.14. The standard InChI is InChI=1S/C20H21NO8/c1-3-27-19(25)10-7-11(20(26)28-4-2)9-12(8-10)21-17(22)15-13-5-6-14(29-13)16(15)18(23)24/h5-9,13-16H,3-4H2,1-2H3,(H,21,22)(H,23,24)/t13-,14-,15-,16+/m1/s1. The van der Waals surface area contributed by atoms with E-state index in [0.29, 0.717) is 0 Å². The van der Waals surface area contributed by atoms with Gasteiger partial charge >= 0.3 is 17.9 Å². The van der Waals surface area contributed by atoms with Gasteiger partial charge in [-0.15, -0.1) is 0 Å². The Morgan fingerprint density at radius 1 is 0.931 bits per heavy atom. The largest absolute Gasteiger partial charge is 0.481 e. The smallest absolute Gasteiger partial charge is 0.338 e. The van der Waals surface area contributed by atoms with Gasteiger partial charge in [0.2, 0.25) is 5.91 Å². The number of nitrogens with one attached hydrogen (secondary N) is 1. The van der Waals surface area contributed by atoms with Gasteiger partial charge in [0.1, 0.15) is 5.92 Å². The third-order valence-electron chi connectivity index (χ3n) is 4.71. The van der Waals surface area contributed by atoms with Crippen LogP contribution in [0.4, 0.5) is 5.69 Å². The molecule has 29 heavy (non-hydrogen) atoms. The maximum atomic E-state index is 12.8. The Morgan fingerprint density at radius 3 is 1.93 bits per heavy atom. The number of ether oxygens (including phenoxy) is 3. The highest BCUT2D eigenvalue weighted by Crippen LogP contribution is 2.40. The minimum atomic E-state index is -1.13. The van der Waals surface area contributed by atoms with Crippen molar-refractivity contribution >= 4 is 29.5 Å². The van der Waals surface area contributed by atoms with E-state index in [1.54, 1.807) is 26.0 Å². The van der Waals surface area contributed by atoms with Gasteiger partial charge in [-0.25, -0.2) is 9.59 Å². The maximum absolute atomic E-state index is 12.8. The Morgan fingerprint density at radius 2 is 1.45 bits per heavy atom. The van der Waals surface area contributed by atoms with Crippen molar-refractivity contribution < 1.29 is 38.5 Å². The lowest BCUT2D eigenvalue weighted by atomic mass is 9.82. The highest BCUT2D eigenvalue weighted by molar-refractivity contribution is 6.01. The zero-order valence-electron chi connectivity index (χ0n) is 15.9. The van der Waals surface area contributed by atoms with E-state index in [4.69, 9.17) is 14.2 Å². The van der Waals surface area contributed by atoms with Crippen molar-refractivity contribution in [3.8, 4) is 0 Å². The second kappa shape index (κ2) is 8.44. The van der Waals surface area contributed by atoms with Gasteiger partial charge < -0.3 is 24.6 Å². The molecule has 1 amide bonds. The molecule has 2 heterocycles. The number of aliphatic carboxylic acids is 1. The quantitative estimate of drug-likeness (QED) is 0.519. The van der Waals surface area contributed by atoms with Gasteiger partial charge in [-0.1, -0.05) is 12.2 Å². The Hall–Kier alpha value is -3.20. The molecule has 2 aliphatic rings. The first-order chi connectivity index (χ1) is 13.8. The molecule has 0 unspecified atom stereocenters. The van der Waals surface area contributed by atoms with E-state index in [2.05, 4.69) is 5.32 Å². The fourth-order valence-electron chi connectivity index (χ4n) is 3.50. The van der Waals surface area contributed by atoms with E-state index in [9.17, 15) is 24.3 Å². The highest BCUT2D eigenvalue weighted by Gasteiger charge is 2.53. The monoisotopic (exact) mass is 403 g/mol. The van der Waals surface area contributed by atoms with Crippen LogP contribution in [-0.2, 0) is 23.8 Å². The summed E-state index contributed by atoms with van der Waals surface area (Å²) in [6.07, 6.45) is 1.99. The number of rotatable bonds is 7. The average Bonchev–Trinajstić information content (AvgIpc) is 3.29. The molecule has 0 aromatic heterocycles. The number of esters is 2. The van der Waals surface area contributed by atoms with Crippen molar-refractivity contribution in [2.24, 2.45) is 11.8 Å². The number of anilines is 1. The summed E-state index contributed by atoms with van der Waals surface area (Å²) in [4.78, 5) is 48.6. The Balaban J connectivity index is 1.88. The van der Waals surface area contributed by atoms with E-state index < -0.39 is 47.9 Å². The van der Waals surface area contributed by atoms with E-state index in [-0.39, 0.29) is 30.0 Å². The topological polar surface area (TPSA) is 128 Å². The van der Waals surface area contributed by atoms with Crippen LogP contribution >= 0.6 is 0 Å². The Bertz CT molecular complexity index is 841. The van der Waals surface area contributed by atoms with Crippen LogP contribution in [-0.4, -0.2) is 54.3 Å². The van der Waals surface area contributed by atoms with Gasteiger partial charge in [0.05, 0.1) is 42.5 Å². The van der Waals surface area contributed by atoms with Gasteiger partial charge in [0, 0.05) is 5.69 Å². The molecule has 154 valence electrons. The summed E-state index contributed by atoms with van der Waals surface area (Å²) in [6, 6.07) is 4.03. The number of fused-ring (bicyclic) bond motifs is 2. The predicted molar refractivity (Wildman–Crippen MR) is 99.4 cm³/mol. The molecule has 1 fully saturated rings. The first-order valence-corrected chi connectivity index (χ1v) is 9.22. The molecule has 1 aromatic rings. The van der Waals surface area contributed by atoms with Gasteiger partial charge in [-0.3, -0.25) is 9.59 Å². The van der Waals surface area contributed by atoms with Crippen LogP contribution in [0.1, 0.15) is 34.6 Å². The molecule has 3 rings (SSSR count). The van der Waals surface area contributed by atoms with Crippen LogP contribution in [0.3, 0.4) is 0 Å². The lowest BCUT2D eigenvalue weighted by Gasteiger charge is -2.21. The molecule has 0 radical (unpaired) electrons. The van der Waals surface area contributed by atoms with Crippen LogP contribution < -0.4 is 5.32 Å². The lowest BCUT2D eigenvalue weighted by Crippen LogP contribution is -2.39. The van der Waals surface area contributed by atoms with Crippen LogP contribution in [0.25, 0.3) is 0 Å². The minimum Gasteiger partial charge on any atom is -0.481 e. The van der Waals surface area contributed by atoms with Crippen LogP contribution in [0.2, 0.25) is 0 Å². The third-order valence-corrected chi connectivity index (χ3v) is 4.71. The Kier molecular flexibility index (Phi) is 5.97. The second-order valence-corrected chi connectivity index (χ2v) is 6.57. The van der Waals surface area contributed by atoms with Crippen LogP contribution in [0, 0.1) is 11.8 Å². The number of amides is 1. The zero-order chi connectivity index (χ0) is 21.1. The van der Waals surface area contributed by atoms with Crippen molar-refractivity contribution in [1.29, 1.82) is 0 Å². The number of carboxylic acid groups (broad SMARTS) is 1. The second-order valence-electron chi connectivity index (χ2n) is 6.57. The number of carboxylic acids is 1. The maximum Gasteiger partial charge on any atom is 0.338 e. The summed E-state index contributed by atoms with van der Waals surface area (Å²) in [5.41, 5.74) is 0.276. The molecule has 0 spiro atoms. The van der Waals surface area contributed by atoms with Crippen molar-refractivity contribution in [3.05, 3.63) is 41.5 Å². The van der Waals surface area contributed by atoms with Crippen LogP contribution in [0.5, 0.6) is 0 Å². The molecule has 0 aliphatic carbocycles. The number of carbonyl (C=O) groups excluding carboxylic acids is 3. The molecular weight excluding hydrogens is 382 g/mol. The molecule has 4 atom stereocenters. The average molecular weight is 403 g/mol. The summed E-state index contributed by atoms with van der Waals surface area (Å²) < 4.78 is 15.4. The molecule has 1 aromatic carbocycles. The molecular formula is C20H21NO8. The first-order valence-electron chi connectivity index (χ1n) is 9.22. The van der Waals surface area contributed by atoms with E-state index in [1.165, 1.54) is 18.2 Å². The normalized spacial score (nSPS) is 24.2. The summed E-state index contributed by atoms with van der Waals surface area (Å²) in [5, 5.41) is 12.1. The molecule has 9 nitrogen and oxygen atoms in total. The fraction of sp³-hybridized carbons (Fsp3) is 0.400. The van der Waals surface area contributed by atoms with Crippen molar-refractivity contribution in [1.82, 2.24) is 0 Å². The fourth-order valence-corrected chi connectivity index (χ4v) is 3.50. The van der Waals surface area contributed by atoms with E-state index >= 15 is 0 Å². The lowest BCUT2D eigenvalue weighted by molar-refractivity contribution is -0.145. The summed E-state index contributed by atoms with van der Waals surface area (Å²) in [5.74, 6) is -4.98. The molecule has 2 N–H and O–H groups in total. The zero-order valence-corrected chi connectivity index (χ0v) is 15.9. The summed E-state index contributed by atoms with van der Waals surface area (Å²) >= 11 is 0. The highest BCUT2D eigenvalue weighted by atomic mass is 16.5. The molecule has 2 bridgehead atoms. The number of hydrogen-bond acceptors (Lipinski definition) is 7. The van der Waals surface area contributed by atoms with E-state index in [1.807, 2.05) is 0 Å². The number of hydrogen-bond donors (Lipinski definition) is 2. The SMILES string of the molecule is CCOC(=O)c1cc(NC(=O)[C@H]2[C@@H](C(=O)O)[C@H]3C=C[C@H]2O3)cc(C(=O)OCC)c1. The number of carbonyl (C=O) groups is 4. The van der Waals surface area contributed by atoms with Crippen molar-refractivity contribution in [3.63, 3.8) is 0 Å².